The number of aromatic nitrogens is 1. The maximum absolute atomic E-state index is 13.7. The summed E-state index contributed by atoms with van der Waals surface area (Å²) in [5, 5.41) is 14.1. The molecule has 0 radical (unpaired) electrons. The van der Waals surface area contributed by atoms with Crippen LogP contribution in [0.2, 0.25) is 0 Å². The van der Waals surface area contributed by atoms with Crippen LogP contribution in [0.5, 0.6) is 0 Å². The summed E-state index contributed by atoms with van der Waals surface area (Å²) in [6.45, 7) is 6.15. The van der Waals surface area contributed by atoms with E-state index in [0.717, 1.165) is 80.6 Å². The molecule has 6 rings (SSSR count). The molecule has 1 aromatic carbocycles. The Morgan fingerprint density at radius 3 is 2.52 bits per heavy atom. The molecule has 9 nitrogen and oxygen atoms in total. The number of amides is 1. The molecule has 0 unspecified atom stereocenters. The number of fused-ring (bicyclic) bond motifs is 4. The molecule has 4 N–H and O–H groups in total. The van der Waals surface area contributed by atoms with Crippen LogP contribution in [0.1, 0.15) is 72.5 Å². The molecule has 2 aliphatic carbocycles. The van der Waals surface area contributed by atoms with Crippen molar-refractivity contribution in [2.24, 2.45) is 5.73 Å². The topological polar surface area (TPSA) is 113 Å². The summed E-state index contributed by atoms with van der Waals surface area (Å²) in [6, 6.07) is 5.53. The van der Waals surface area contributed by atoms with Crippen molar-refractivity contribution in [1.82, 2.24) is 19.7 Å². The van der Waals surface area contributed by atoms with E-state index in [-0.39, 0.29) is 11.5 Å². The number of ether oxygens (including phenoxy) is 1. The summed E-state index contributed by atoms with van der Waals surface area (Å²) in [6.07, 6.45) is 11.7. The number of carbonyl (C=O) groups excluding carboxylic acids is 1. The third-order valence-corrected chi connectivity index (χ3v) is 9.59. The van der Waals surface area contributed by atoms with Crippen LogP contribution in [0, 0.1) is 0 Å². The second-order valence-electron chi connectivity index (χ2n) is 12.0. The SMILES string of the molecule is COC1=CC2=C(CC1)c1c(C3CCCCC3)c3ccc(C(=O)O)cc3n1CC(C(=O)NCCN1CCN(CN)CC1)=C2. The lowest BCUT2D eigenvalue weighted by Gasteiger charge is -2.33. The fourth-order valence-corrected chi connectivity index (χ4v) is 7.25. The standard InChI is InChI=1S/C33H43N5O4/c1-42-26-8-10-27-24(18-26)17-25(32(39)35-11-12-36-13-15-37(21-34)16-14-36)20-38-29-19-23(33(40)41)7-9-28(29)30(31(27)38)22-5-3-2-4-6-22/h7,9,17-19,22H,2-6,8,10-16,20-21,34H2,1H3,(H,35,39)(H,40,41). The van der Waals surface area contributed by atoms with Crippen molar-refractivity contribution in [3.63, 3.8) is 0 Å². The molecule has 3 heterocycles. The van der Waals surface area contributed by atoms with Crippen molar-refractivity contribution in [3.05, 3.63) is 64.1 Å². The van der Waals surface area contributed by atoms with Gasteiger partial charge in [0.05, 0.1) is 25.0 Å². The Hall–Kier alpha value is -3.40. The van der Waals surface area contributed by atoms with Crippen LogP contribution in [0.15, 0.2) is 47.3 Å². The summed E-state index contributed by atoms with van der Waals surface area (Å²) >= 11 is 0. The molecule has 0 bridgehead atoms. The number of carboxylic acids is 1. The number of benzene rings is 1. The van der Waals surface area contributed by atoms with Gasteiger partial charge in [-0.25, -0.2) is 4.79 Å². The van der Waals surface area contributed by atoms with Gasteiger partial charge in [-0.1, -0.05) is 25.3 Å². The van der Waals surface area contributed by atoms with Crippen LogP contribution < -0.4 is 11.1 Å². The Kier molecular flexibility index (Phi) is 8.51. The van der Waals surface area contributed by atoms with E-state index < -0.39 is 5.97 Å². The highest BCUT2D eigenvalue weighted by molar-refractivity contribution is 6.00. The first-order valence-corrected chi connectivity index (χ1v) is 15.5. The molecular weight excluding hydrogens is 530 g/mol. The molecule has 9 heteroatoms. The second-order valence-corrected chi connectivity index (χ2v) is 12.0. The predicted molar refractivity (Wildman–Crippen MR) is 164 cm³/mol. The summed E-state index contributed by atoms with van der Waals surface area (Å²) in [4.78, 5) is 30.4. The first kappa shape index (κ1) is 28.7. The number of nitrogens with one attached hydrogen (secondary N) is 1. The second kappa shape index (κ2) is 12.5. The predicted octanol–water partition coefficient (Wildman–Crippen LogP) is 4.05. The van der Waals surface area contributed by atoms with Crippen molar-refractivity contribution >= 4 is 28.4 Å². The van der Waals surface area contributed by atoms with Crippen molar-refractivity contribution in [3.8, 4) is 0 Å². The number of nitrogens with zero attached hydrogens (tertiary/aromatic N) is 3. The fourth-order valence-electron chi connectivity index (χ4n) is 7.25. The third-order valence-electron chi connectivity index (χ3n) is 9.59. The van der Waals surface area contributed by atoms with Gasteiger partial charge in [-0.3, -0.25) is 14.6 Å². The summed E-state index contributed by atoms with van der Waals surface area (Å²) in [7, 11) is 1.71. The van der Waals surface area contributed by atoms with Crippen LogP contribution in [0.3, 0.4) is 0 Å². The smallest absolute Gasteiger partial charge is 0.335 e. The molecule has 4 aliphatic rings. The maximum atomic E-state index is 13.7. The molecular formula is C33H43N5O4. The first-order chi connectivity index (χ1) is 20.5. The quantitative estimate of drug-likeness (QED) is 0.437. The van der Waals surface area contributed by atoms with Gasteiger partial charge in [0.25, 0.3) is 0 Å². The van der Waals surface area contributed by atoms with Gasteiger partial charge in [0, 0.05) is 74.5 Å². The Balaban J connectivity index is 1.37. The maximum Gasteiger partial charge on any atom is 0.335 e. The number of hydrogen-bond acceptors (Lipinski definition) is 6. The molecule has 2 aliphatic heterocycles. The minimum atomic E-state index is -0.939. The van der Waals surface area contributed by atoms with Crippen LogP contribution in [0.4, 0.5) is 0 Å². The van der Waals surface area contributed by atoms with E-state index >= 15 is 0 Å². The van der Waals surface area contributed by atoms with E-state index in [1.54, 1.807) is 19.2 Å². The largest absolute Gasteiger partial charge is 0.501 e. The molecule has 224 valence electrons. The van der Waals surface area contributed by atoms with Crippen LogP contribution in [-0.4, -0.2) is 84.4 Å². The Bertz CT molecular complexity index is 1450. The van der Waals surface area contributed by atoms with E-state index in [0.29, 0.717) is 31.2 Å². The number of allylic oxidation sites excluding steroid dienone is 5. The highest BCUT2D eigenvalue weighted by atomic mass is 16.5. The average molecular weight is 574 g/mol. The van der Waals surface area contributed by atoms with E-state index in [1.807, 2.05) is 12.1 Å². The zero-order valence-corrected chi connectivity index (χ0v) is 24.7. The number of carboxylic acid groups (broad SMARTS) is 1. The van der Waals surface area contributed by atoms with Crippen LogP contribution in [-0.2, 0) is 16.1 Å². The highest BCUT2D eigenvalue weighted by Gasteiger charge is 2.32. The van der Waals surface area contributed by atoms with Gasteiger partial charge in [-0.2, -0.15) is 0 Å². The zero-order valence-electron chi connectivity index (χ0n) is 24.7. The number of methoxy groups -OCH3 is 1. The van der Waals surface area contributed by atoms with Crippen molar-refractivity contribution in [1.29, 1.82) is 0 Å². The lowest BCUT2D eigenvalue weighted by atomic mass is 9.80. The number of nitrogens with two attached hydrogens (primary N) is 1. The molecule has 1 saturated carbocycles. The van der Waals surface area contributed by atoms with E-state index in [4.69, 9.17) is 10.5 Å². The average Bonchev–Trinajstić information content (AvgIpc) is 3.23. The van der Waals surface area contributed by atoms with Gasteiger partial charge < -0.3 is 25.5 Å². The summed E-state index contributed by atoms with van der Waals surface area (Å²) < 4.78 is 7.90. The zero-order chi connectivity index (χ0) is 29.2. The Morgan fingerprint density at radius 2 is 1.81 bits per heavy atom. The number of aromatic carboxylic acids is 1. The number of piperazine rings is 1. The van der Waals surface area contributed by atoms with Gasteiger partial charge in [0.1, 0.15) is 0 Å². The van der Waals surface area contributed by atoms with Gasteiger partial charge in [-0.05, 0) is 66.2 Å². The van der Waals surface area contributed by atoms with Gasteiger partial charge in [-0.15, -0.1) is 0 Å². The highest BCUT2D eigenvalue weighted by Crippen LogP contribution is 2.47. The van der Waals surface area contributed by atoms with Crippen LogP contribution >= 0.6 is 0 Å². The van der Waals surface area contributed by atoms with Gasteiger partial charge in [0.15, 0.2) is 0 Å². The summed E-state index contributed by atoms with van der Waals surface area (Å²) in [5.74, 6) is 0.318. The normalized spacial score (nSPS) is 20.4. The fraction of sp³-hybridized carbons (Fsp3) is 0.515. The van der Waals surface area contributed by atoms with Gasteiger partial charge in [0.2, 0.25) is 5.91 Å². The lowest BCUT2D eigenvalue weighted by Crippen LogP contribution is -2.49. The molecule has 0 spiro atoms. The van der Waals surface area contributed by atoms with E-state index in [9.17, 15) is 14.7 Å². The van der Waals surface area contributed by atoms with Crippen LogP contribution in [0.25, 0.3) is 16.5 Å². The van der Waals surface area contributed by atoms with Crippen molar-refractivity contribution in [2.45, 2.75) is 57.4 Å². The van der Waals surface area contributed by atoms with Crippen molar-refractivity contribution < 1.29 is 19.4 Å². The van der Waals surface area contributed by atoms with E-state index in [2.05, 4.69) is 25.8 Å². The van der Waals surface area contributed by atoms with Crippen molar-refractivity contribution in [2.75, 3.05) is 53.0 Å². The Morgan fingerprint density at radius 1 is 1.05 bits per heavy atom. The number of hydrogen-bond donors (Lipinski definition) is 3. The lowest BCUT2D eigenvalue weighted by molar-refractivity contribution is -0.117. The minimum Gasteiger partial charge on any atom is -0.501 e. The first-order valence-electron chi connectivity index (χ1n) is 15.5. The molecule has 1 saturated heterocycles. The molecule has 2 fully saturated rings. The number of rotatable bonds is 8. The van der Waals surface area contributed by atoms with Gasteiger partial charge >= 0.3 is 5.97 Å². The monoisotopic (exact) mass is 573 g/mol. The molecule has 1 aromatic heterocycles. The summed E-state index contributed by atoms with van der Waals surface area (Å²) in [5.41, 5.74) is 12.4. The Labute approximate surface area is 247 Å². The van der Waals surface area contributed by atoms with E-state index in [1.165, 1.54) is 36.1 Å². The molecule has 1 amide bonds. The minimum absolute atomic E-state index is 0.0799. The molecule has 42 heavy (non-hydrogen) atoms. The molecule has 2 aromatic rings. The molecule has 0 atom stereocenters. The third kappa shape index (κ3) is 5.65. The number of carbonyl (C=O) groups is 2.